The van der Waals surface area contributed by atoms with Gasteiger partial charge in [0.05, 0.1) is 12.0 Å². The second-order valence-electron chi connectivity index (χ2n) is 7.13. The maximum Gasteiger partial charge on any atom is 0.456 e. The summed E-state index contributed by atoms with van der Waals surface area (Å²) in [4.78, 5) is 12.5. The summed E-state index contributed by atoms with van der Waals surface area (Å²) in [6.45, 7) is 0.379. The van der Waals surface area contributed by atoms with E-state index >= 15 is 0 Å². The summed E-state index contributed by atoms with van der Waals surface area (Å²) in [6.07, 6.45) is 7.09. The third-order valence-corrected chi connectivity index (χ3v) is 5.90. The second-order valence-corrected chi connectivity index (χ2v) is 8.09. The summed E-state index contributed by atoms with van der Waals surface area (Å²) in [5.41, 5.74) is -4.54. The fourth-order valence-electron chi connectivity index (χ4n) is 4.96. The molecule has 22 heavy (non-hydrogen) atoms. The van der Waals surface area contributed by atoms with Crippen molar-refractivity contribution in [3.63, 3.8) is 0 Å². The summed E-state index contributed by atoms with van der Waals surface area (Å²) >= 11 is -0.251. The topological polar surface area (TPSA) is 38.3 Å². The fraction of sp³-hybridized carbons (Fsp3) is 0.933. The van der Waals surface area contributed by atoms with Gasteiger partial charge in [-0.2, -0.15) is 13.2 Å². The number of rotatable bonds is 6. The molecule has 4 fully saturated rings. The Hall–Kier alpha value is -0.430. The number of esters is 1. The van der Waals surface area contributed by atoms with E-state index in [4.69, 9.17) is 4.74 Å². The molecule has 4 bridgehead atoms. The quantitative estimate of drug-likeness (QED) is 0.453. The first-order chi connectivity index (χ1) is 10.4. The van der Waals surface area contributed by atoms with E-state index in [1.807, 2.05) is 0 Å². The standard InChI is InChI=1S/C15H22F3NO2S/c16-15(17,18)22-19-2-1-3-21-13(20)14-7-10-4-11(8-14)6-12(5-10)9-14/h10-12,19H,1-9H2. The van der Waals surface area contributed by atoms with Gasteiger partial charge in [0.2, 0.25) is 0 Å². The molecule has 4 saturated carbocycles. The SMILES string of the molecule is O=C(OCCCNSC(F)(F)F)C12CC3CC(CC(C3)C1)C2. The Kier molecular flexibility index (Phi) is 4.65. The second kappa shape index (κ2) is 6.23. The summed E-state index contributed by atoms with van der Waals surface area (Å²) in [7, 11) is 0. The molecule has 0 aliphatic heterocycles. The van der Waals surface area contributed by atoms with Gasteiger partial charge in [-0.15, -0.1) is 0 Å². The van der Waals surface area contributed by atoms with Crippen LogP contribution in [-0.2, 0) is 9.53 Å². The third kappa shape index (κ3) is 3.72. The number of alkyl halides is 3. The molecule has 126 valence electrons. The molecule has 4 aliphatic carbocycles. The van der Waals surface area contributed by atoms with E-state index in [-0.39, 0.29) is 36.5 Å². The first kappa shape index (κ1) is 16.4. The van der Waals surface area contributed by atoms with Gasteiger partial charge in [-0.3, -0.25) is 9.52 Å². The Morgan fingerprint density at radius 3 is 2.18 bits per heavy atom. The molecule has 0 heterocycles. The van der Waals surface area contributed by atoms with Gasteiger partial charge in [0.15, 0.2) is 0 Å². The lowest BCUT2D eigenvalue weighted by Gasteiger charge is -2.55. The van der Waals surface area contributed by atoms with Gasteiger partial charge in [-0.25, -0.2) is 0 Å². The van der Waals surface area contributed by atoms with Crippen LogP contribution in [0.3, 0.4) is 0 Å². The van der Waals surface area contributed by atoms with Crippen LogP contribution in [0.2, 0.25) is 0 Å². The zero-order chi connectivity index (χ0) is 15.8. The van der Waals surface area contributed by atoms with Gasteiger partial charge in [0.25, 0.3) is 0 Å². The van der Waals surface area contributed by atoms with Gasteiger partial charge < -0.3 is 4.74 Å². The number of nitrogens with one attached hydrogen (secondary N) is 1. The highest BCUT2D eigenvalue weighted by molar-refractivity contribution is 7.98. The molecule has 0 aromatic rings. The molecule has 0 aromatic carbocycles. The van der Waals surface area contributed by atoms with Crippen LogP contribution in [0, 0.1) is 23.2 Å². The third-order valence-electron chi connectivity index (χ3n) is 5.32. The van der Waals surface area contributed by atoms with E-state index in [9.17, 15) is 18.0 Å². The largest absolute Gasteiger partial charge is 0.465 e. The maximum absolute atomic E-state index is 12.5. The number of ether oxygens (including phenoxy) is 1. The van der Waals surface area contributed by atoms with Crippen molar-refractivity contribution in [2.24, 2.45) is 23.2 Å². The minimum atomic E-state index is -4.27. The normalized spacial score (nSPS) is 36.6. The maximum atomic E-state index is 12.5. The number of hydrogen-bond donors (Lipinski definition) is 1. The highest BCUT2D eigenvalue weighted by atomic mass is 32.2. The van der Waals surface area contributed by atoms with Gasteiger partial charge in [0, 0.05) is 18.5 Å². The van der Waals surface area contributed by atoms with E-state index in [0.717, 1.165) is 19.3 Å². The number of halogens is 3. The highest BCUT2D eigenvalue weighted by Crippen LogP contribution is 2.60. The van der Waals surface area contributed by atoms with Crippen molar-refractivity contribution in [2.45, 2.75) is 50.5 Å². The van der Waals surface area contributed by atoms with Crippen molar-refractivity contribution in [3.05, 3.63) is 0 Å². The lowest BCUT2D eigenvalue weighted by molar-refractivity contribution is -0.171. The number of hydrogen-bond acceptors (Lipinski definition) is 4. The van der Waals surface area contributed by atoms with E-state index in [1.165, 1.54) is 19.3 Å². The first-order valence-electron chi connectivity index (χ1n) is 8.01. The van der Waals surface area contributed by atoms with Crippen molar-refractivity contribution in [1.82, 2.24) is 4.72 Å². The summed E-state index contributed by atoms with van der Waals surface area (Å²) in [5.74, 6) is 1.95. The molecule has 3 nitrogen and oxygen atoms in total. The van der Waals surface area contributed by atoms with Gasteiger partial charge >= 0.3 is 11.5 Å². The molecule has 4 rings (SSSR count). The lowest BCUT2D eigenvalue weighted by atomic mass is 9.49. The van der Waals surface area contributed by atoms with E-state index in [0.29, 0.717) is 24.2 Å². The molecule has 0 aromatic heterocycles. The van der Waals surface area contributed by atoms with Crippen molar-refractivity contribution in [2.75, 3.05) is 13.2 Å². The molecule has 0 atom stereocenters. The summed E-state index contributed by atoms with van der Waals surface area (Å²) < 4.78 is 43.4. The Labute approximate surface area is 132 Å². The zero-order valence-electron chi connectivity index (χ0n) is 12.5. The number of carbonyl (C=O) groups is 1. The molecule has 7 heteroatoms. The molecule has 4 aliphatic rings. The van der Waals surface area contributed by atoms with Crippen molar-refractivity contribution >= 4 is 17.9 Å². The van der Waals surface area contributed by atoms with Crippen LogP contribution in [0.15, 0.2) is 0 Å². The summed E-state index contributed by atoms with van der Waals surface area (Å²) in [5, 5.41) is 0. The van der Waals surface area contributed by atoms with Crippen LogP contribution in [-0.4, -0.2) is 24.6 Å². The molecule has 0 saturated heterocycles. The first-order valence-corrected chi connectivity index (χ1v) is 8.83. The Morgan fingerprint density at radius 1 is 1.14 bits per heavy atom. The van der Waals surface area contributed by atoms with Gasteiger partial charge in [-0.1, -0.05) is 0 Å². The molecule has 0 spiro atoms. The monoisotopic (exact) mass is 337 g/mol. The predicted octanol–water partition coefficient (Wildman–Crippen LogP) is 3.89. The van der Waals surface area contributed by atoms with Crippen LogP contribution in [0.5, 0.6) is 0 Å². The van der Waals surface area contributed by atoms with Crippen LogP contribution in [0.4, 0.5) is 13.2 Å². The zero-order valence-corrected chi connectivity index (χ0v) is 13.3. The van der Waals surface area contributed by atoms with Crippen LogP contribution in [0.1, 0.15) is 44.9 Å². The van der Waals surface area contributed by atoms with Crippen LogP contribution >= 0.6 is 11.9 Å². The Morgan fingerprint density at radius 2 is 1.68 bits per heavy atom. The number of carbonyl (C=O) groups excluding carboxylic acids is 1. The van der Waals surface area contributed by atoms with Crippen molar-refractivity contribution in [3.8, 4) is 0 Å². The lowest BCUT2D eigenvalue weighted by Crippen LogP contribution is -2.50. The summed E-state index contributed by atoms with van der Waals surface area (Å²) in [6, 6.07) is 0. The van der Waals surface area contributed by atoms with Crippen LogP contribution in [0.25, 0.3) is 0 Å². The predicted molar refractivity (Wildman–Crippen MR) is 77.8 cm³/mol. The Bertz CT molecular complexity index is 392. The Balaban J connectivity index is 1.39. The molecule has 1 N–H and O–H groups in total. The minimum Gasteiger partial charge on any atom is -0.465 e. The molecular weight excluding hydrogens is 315 g/mol. The smallest absolute Gasteiger partial charge is 0.456 e. The average molecular weight is 337 g/mol. The molecular formula is C15H22F3NO2S. The molecule has 0 amide bonds. The van der Waals surface area contributed by atoms with E-state index in [1.54, 1.807) is 0 Å². The molecule has 0 unspecified atom stereocenters. The van der Waals surface area contributed by atoms with Gasteiger partial charge in [-0.05, 0) is 62.7 Å². The average Bonchev–Trinajstić information content (AvgIpc) is 2.39. The van der Waals surface area contributed by atoms with Gasteiger partial charge in [0.1, 0.15) is 0 Å². The van der Waals surface area contributed by atoms with E-state index < -0.39 is 5.51 Å². The fourth-order valence-corrected chi connectivity index (χ4v) is 5.37. The minimum absolute atomic E-state index is 0.102. The highest BCUT2D eigenvalue weighted by Gasteiger charge is 2.55. The van der Waals surface area contributed by atoms with Crippen molar-refractivity contribution in [1.29, 1.82) is 0 Å². The molecule has 0 radical (unpaired) electrons. The van der Waals surface area contributed by atoms with Crippen molar-refractivity contribution < 1.29 is 22.7 Å². The van der Waals surface area contributed by atoms with Crippen LogP contribution < -0.4 is 4.72 Å². The van der Waals surface area contributed by atoms with E-state index in [2.05, 4.69) is 4.72 Å².